The summed E-state index contributed by atoms with van der Waals surface area (Å²) >= 11 is 0. The normalized spacial score (nSPS) is 9.61. The van der Waals surface area contributed by atoms with Crippen LogP contribution in [0.25, 0.3) is 0 Å². The molecule has 13 nitrogen and oxygen atoms in total. The van der Waals surface area contributed by atoms with Gasteiger partial charge in [0.05, 0.1) is 26.9 Å². The minimum atomic E-state index is -1.21. The van der Waals surface area contributed by atoms with Crippen LogP contribution in [0.5, 0.6) is 5.75 Å². The number of H-pyrrole nitrogens is 1. The van der Waals surface area contributed by atoms with E-state index in [9.17, 15) is 30.3 Å². The van der Waals surface area contributed by atoms with Crippen molar-refractivity contribution in [3.63, 3.8) is 0 Å². The number of aromatic nitrogens is 2. The quantitative estimate of drug-likeness (QED) is 0.549. The van der Waals surface area contributed by atoms with Gasteiger partial charge in [0.15, 0.2) is 5.95 Å². The Morgan fingerprint density at radius 2 is 1.57 bits per heavy atom. The molecule has 0 saturated carbocycles. The van der Waals surface area contributed by atoms with Crippen LogP contribution in [-0.2, 0) is 0 Å². The van der Waals surface area contributed by atoms with Gasteiger partial charge in [0.2, 0.25) is 0 Å². The van der Waals surface area contributed by atoms with Crippen molar-refractivity contribution in [3.8, 4) is 5.75 Å². The lowest BCUT2D eigenvalue weighted by Gasteiger charge is -1.97. The Kier molecular flexibility index (Phi) is 5.10. The van der Waals surface area contributed by atoms with Crippen LogP contribution in [0.3, 0.4) is 0 Å². The molecule has 13 heteroatoms. The topological polar surface area (TPSA) is 204 Å². The SMILES string of the molecule is Cc1cnc(N)[nH]1.O=[N+]([O-])c1cc([N+](=O)[O-])c(O)c([N+](=O)[O-])c1. The lowest BCUT2D eigenvalue weighted by atomic mass is 10.2. The number of nitrogens with two attached hydrogens (primary N) is 1. The molecular weight excluding hydrogens is 316 g/mol. The van der Waals surface area contributed by atoms with Crippen molar-refractivity contribution in [1.29, 1.82) is 0 Å². The Hall–Kier alpha value is -3.77. The van der Waals surface area contributed by atoms with E-state index in [1.165, 1.54) is 0 Å². The number of rotatable bonds is 3. The van der Waals surface area contributed by atoms with E-state index in [0.29, 0.717) is 18.1 Å². The fraction of sp³-hybridized carbons (Fsp3) is 0.100. The second kappa shape index (κ2) is 6.79. The molecule has 0 saturated heterocycles. The molecule has 0 spiro atoms. The van der Waals surface area contributed by atoms with Gasteiger partial charge in [0, 0.05) is 11.9 Å². The summed E-state index contributed by atoms with van der Waals surface area (Å²) < 4.78 is 0. The average molecular weight is 326 g/mol. The van der Waals surface area contributed by atoms with E-state index >= 15 is 0 Å². The minimum Gasteiger partial charge on any atom is -0.497 e. The van der Waals surface area contributed by atoms with E-state index in [0.717, 1.165) is 5.69 Å². The summed E-state index contributed by atoms with van der Waals surface area (Å²) in [5, 5.41) is 40.2. The van der Waals surface area contributed by atoms with Crippen LogP contribution in [0.2, 0.25) is 0 Å². The molecule has 122 valence electrons. The van der Waals surface area contributed by atoms with Gasteiger partial charge in [-0.05, 0) is 6.92 Å². The number of anilines is 1. The summed E-state index contributed by atoms with van der Waals surface area (Å²) in [6.45, 7) is 1.91. The van der Waals surface area contributed by atoms with Crippen molar-refractivity contribution in [1.82, 2.24) is 9.97 Å². The lowest BCUT2D eigenvalue weighted by molar-refractivity contribution is -0.404. The van der Waals surface area contributed by atoms with E-state index in [-0.39, 0.29) is 0 Å². The van der Waals surface area contributed by atoms with Crippen molar-refractivity contribution >= 4 is 23.0 Å². The first-order chi connectivity index (χ1) is 10.6. The van der Waals surface area contributed by atoms with Gasteiger partial charge in [-0.15, -0.1) is 0 Å². The van der Waals surface area contributed by atoms with Crippen LogP contribution in [0.4, 0.5) is 23.0 Å². The standard InChI is InChI=1S/C6H3N3O7.C4H7N3/c10-6-4(8(13)14)1-3(7(11)12)2-5(6)9(15)16;1-3-2-6-4(5)7-3/h1-2,10H;2H,1H3,(H3,5,6,7). The molecule has 0 aliphatic heterocycles. The molecule has 0 bridgehead atoms. The second-order valence-corrected chi connectivity index (χ2v) is 4.06. The molecule has 0 radical (unpaired) electrons. The zero-order valence-electron chi connectivity index (χ0n) is 11.5. The fourth-order valence-corrected chi connectivity index (χ4v) is 1.41. The highest BCUT2D eigenvalue weighted by Crippen LogP contribution is 2.38. The van der Waals surface area contributed by atoms with Crippen LogP contribution in [0.15, 0.2) is 18.3 Å². The zero-order valence-corrected chi connectivity index (χ0v) is 11.5. The number of nitro benzene ring substituents is 3. The number of hydrogen-bond donors (Lipinski definition) is 3. The maximum Gasteiger partial charge on any atom is 0.324 e. The van der Waals surface area contributed by atoms with Crippen molar-refractivity contribution in [2.45, 2.75) is 6.92 Å². The molecule has 0 amide bonds. The van der Waals surface area contributed by atoms with Crippen molar-refractivity contribution in [2.75, 3.05) is 5.73 Å². The number of nitrogens with zero attached hydrogens (tertiary/aromatic N) is 4. The highest BCUT2D eigenvalue weighted by molar-refractivity contribution is 5.64. The first kappa shape index (κ1) is 17.3. The molecule has 0 unspecified atom stereocenters. The Bertz CT molecular complexity index is 719. The summed E-state index contributed by atoms with van der Waals surface area (Å²) in [5.41, 5.74) is 3.21. The van der Waals surface area contributed by atoms with Gasteiger partial charge in [-0.2, -0.15) is 0 Å². The second-order valence-electron chi connectivity index (χ2n) is 4.06. The molecule has 0 aliphatic carbocycles. The number of aromatic hydroxyl groups is 1. The van der Waals surface area contributed by atoms with Gasteiger partial charge in [0.1, 0.15) is 0 Å². The number of phenolic OH excluding ortho intramolecular Hbond substituents is 1. The van der Waals surface area contributed by atoms with Crippen LogP contribution < -0.4 is 5.73 Å². The number of hydrogen-bond acceptors (Lipinski definition) is 9. The third-order valence-corrected chi connectivity index (χ3v) is 2.38. The molecule has 2 rings (SSSR count). The maximum absolute atomic E-state index is 10.4. The first-order valence-electron chi connectivity index (χ1n) is 5.70. The number of aryl methyl sites for hydroxylation is 1. The van der Waals surface area contributed by atoms with Crippen molar-refractivity contribution in [2.24, 2.45) is 0 Å². The summed E-state index contributed by atoms with van der Waals surface area (Å²) in [6.07, 6.45) is 1.69. The summed E-state index contributed by atoms with van der Waals surface area (Å²) in [5.74, 6) is -0.724. The fourth-order valence-electron chi connectivity index (χ4n) is 1.41. The molecule has 0 fully saturated rings. The number of benzene rings is 1. The van der Waals surface area contributed by atoms with Gasteiger partial charge >= 0.3 is 11.4 Å². The number of phenols is 1. The summed E-state index contributed by atoms with van der Waals surface area (Å²) in [6, 6.07) is 0.894. The van der Waals surface area contributed by atoms with E-state index in [2.05, 4.69) is 9.97 Å². The Morgan fingerprint density at radius 3 is 1.78 bits per heavy atom. The van der Waals surface area contributed by atoms with Gasteiger partial charge < -0.3 is 15.8 Å². The average Bonchev–Trinajstić information content (AvgIpc) is 2.82. The smallest absolute Gasteiger partial charge is 0.324 e. The van der Waals surface area contributed by atoms with Gasteiger partial charge in [-0.1, -0.05) is 0 Å². The molecule has 1 aromatic heterocycles. The Balaban J connectivity index is 0.000000313. The zero-order chi connectivity index (χ0) is 17.7. The highest BCUT2D eigenvalue weighted by Gasteiger charge is 2.30. The Labute approximate surface area is 126 Å². The number of aromatic amines is 1. The monoisotopic (exact) mass is 326 g/mol. The summed E-state index contributed by atoms with van der Waals surface area (Å²) in [7, 11) is 0. The Morgan fingerprint density at radius 1 is 1.09 bits per heavy atom. The van der Waals surface area contributed by atoms with Gasteiger partial charge in [-0.3, -0.25) is 30.3 Å². The molecule has 0 atom stereocenters. The largest absolute Gasteiger partial charge is 0.497 e. The lowest BCUT2D eigenvalue weighted by Crippen LogP contribution is -1.97. The molecule has 2 aromatic rings. The van der Waals surface area contributed by atoms with E-state index < -0.39 is 37.6 Å². The van der Waals surface area contributed by atoms with Crippen LogP contribution in [0.1, 0.15) is 5.69 Å². The summed E-state index contributed by atoms with van der Waals surface area (Å²) in [4.78, 5) is 34.3. The number of nitro groups is 3. The molecule has 1 heterocycles. The predicted molar refractivity (Wildman–Crippen MR) is 75.8 cm³/mol. The number of imidazole rings is 1. The molecule has 23 heavy (non-hydrogen) atoms. The maximum atomic E-state index is 10.4. The highest BCUT2D eigenvalue weighted by atomic mass is 16.6. The number of nitrogen functional groups attached to an aromatic ring is 1. The van der Waals surface area contributed by atoms with E-state index in [1.54, 1.807) is 6.20 Å². The minimum absolute atomic E-state index is 0.447. The van der Waals surface area contributed by atoms with Crippen molar-refractivity contribution < 1.29 is 19.9 Å². The van der Waals surface area contributed by atoms with Gasteiger partial charge in [-0.25, -0.2) is 4.98 Å². The number of nitrogens with one attached hydrogen (secondary N) is 1. The van der Waals surface area contributed by atoms with Crippen LogP contribution in [-0.4, -0.2) is 29.8 Å². The van der Waals surface area contributed by atoms with Crippen molar-refractivity contribution in [3.05, 3.63) is 54.4 Å². The molecule has 0 aliphatic rings. The number of non-ortho nitro benzene ring substituents is 1. The van der Waals surface area contributed by atoms with Crippen LogP contribution >= 0.6 is 0 Å². The third kappa shape index (κ3) is 4.35. The van der Waals surface area contributed by atoms with E-state index in [4.69, 9.17) is 10.8 Å². The molecule has 1 aromatic carbocycles. The van der Waals surface area contributed by atoms with E-state index in [1.807, 2.05) is 6.92 Å². The third-order valence-electron chi connectivity index (χ3n) is 2.38. The predicted octanol–water partition coefficient (Wildman–Crippen LogP) is 1.42. The first-order valence-corrected chi connectivity index (χ1v) is 5.70. The molecule has 4 N–H and O–H groups in total. The van der Waals surface area contributed by atoms with Gasteiger partial charge in [0.25, 0.3) is 11.4 Å². The van der Waals surface area contributed by atoms with Crippen LogP contribution in [0, 0.1) is 37.3 Å². The molecular formula is C10H10N6O7.